The maximum absolute atomic E-state index is 12.5. The van der Waals surface area contributed by atoms with Crippen molar-refractivity contribution >= 4 is 23.7 Å². The zero-order valence-electron chi connectivity index (χ0n) is 15.0. The molecule has 1 rings (SSSR count). The molecule has 0 aliphatic heterocycles. The second-order valence-electron chi connectivity index (χ2n) is 5.84. The molecule has 3 unspecified atom stereocenters. The molecular weight excluding hydrogens is 372 g/mol. The van der Waals surface area contributed by atoms with Crippen LogP contribution in [-0.4, -0.2) is 76.9 Å². The first kappa shape index (κ1) is 23.0. The second kappa shape index (κ2) is 11.6. The number of carbonyl (C=O) groups is 4. The van der Waals surface area contributed by atoms with E-state index in [4.69, 9.17) is 15.9 Å². The number of aliphatic hydroxyl groups excluding tert-OH is 2. The summed E-state index contributed by atoms with van der Waals surface area (Å²) in [6, 6.07) is 4.62. The van der Waals surface area contributed by atoms with Crippen LogP contribution in [0.1, 0.15) is 5.56 Å². The van der Waals surface area contributed by atoms with Gasteiger partial charge in [0.05, 0.1) is 19.8 Å². The van der Waals surface area contributed by atoms with E-state index in [9.17, 15) is 24.3 Å². The smallest absolute Gasteiger partial charge is 0.328 e. The molecule has 8 N–H and O–H groups in total. The SMILES string of the molecule is NCC(=O)NC(Cc1ccccc1)C(=O)NC(CO)C(=O)NC(CO)C(=O)O. The maximum Gasteiger partial charge on any atom is 0.328 e. The Balaban J connectivity index is 2.86. The lowest BCUT2D eigenvalue weighted by atomic mass is 10.0. The molecule has 0 aliphatic rings. The fourth-order valence-corrected chi connectivity index (χ4v) is 2.24. The summed E-state index contributed by atoms with van der Waals surface area (Å²) in [4.78, 5) is 47.1. The Bertz CT molecular complexity index is 683. The van der Waals surface area contributed by atoms with E-state index < -0.39 is 55.0 Å². The van der Waals surface area contributed by atoms with Gasteiger partial charge in [0.1, 0.15) is 18.1 Å². The van der Waals surface area contributed by atoms with Crippen LogP contribution in [0.25, 0.3) is 0 Å². The Morgan fingerprint density at radius 2 is 1.39 bits per heavy atom. The van der Waals surface area contributed by atoms with E-state index in [1.807, 2.05) is 5.32 Å². The average Bonchev–Trinajstić information content (AvgIpc) is 2.69. The third-order valence-corrected chi connectivity index (χ3v) is 3.73. The van der Waals surface area contributed by atoms with Gasteiger partial charge in [0.25, 0.3) is 0 Å². The third-order valence-electron chi connectivity index (χ3n) is 3.73. The van der Waals surface area contributed by atoms with E-state index in [2.05, 4.69) is 10.6 Å². The Hall–Kier alpha value is -3.02. The van der Waals surface area contributed by atoms with Crippen molar-refractivity contribution in [3.63, 3.8) is 0 Å². The minimum Gasteiger partial charge on any atom is -0.480 e. The first-order valence-corrected chi connectivity index (χ1v) is 8.41. The number of hydrogen-bond donors (Lipinski definition) is 7. The number of amides is 3. The van der Waals surface area contributed by atoms with Crippen LogP contribution >= 0.6 is 0 Å². The van der Waals surface area contributed by atoms with Crippen LogP contribution in [0.4, 0.5) is 0 Å². The number of rotatable bonds is 11. The Labute approximate surface area is 160 Å². The average molecular weight is 396 g/mol. The molecule has 0 saturated carbocycles. The molecule has 0 spiro atoms. The highest BCUT2D eigenvalue weighted by atomic mass is 16.4. The third kappa shape index (κ3) is 7.31. The van der Waals surface area contributed by atoms with Gasteiger partial charge in [0.2, 0.25) is 17.7 Å². The van der Waals surface area contributed by atoms with Crippen LogP contribution in [0.2, 0.25) is 0 Å². The van der Waals surface area contributed by atoms with Gasteiger partial charge in [-0.25, -0.2) is 4.79 Å². The summed E-state index contributed by atoms with van der Waals surface area (Å²) in [5.41, 5.74) is 5.99. The molecule has 0 heterocycles. The second-order valence-corrected chi connectivity index (χ2v) is 5.84. The number of hydrogen-bond acceptors (Lipinski definition) is 7. The Morgan fingerprint density at radius 1 is 0.857 bits per heavy atom. The molecule has 11 heteroatoms. The summed E-state index contributed by atoms with van der Waals surface area (Å²) in [5, 5.41) is 33.9. The molecule has 0 bridgehead atoms. The lowest BCUT2D eigenvalue weighted by molar-refractivity contribution is -0.143. The zero-order chi connectivity index (χ0) is 21.1. The van der Waals surface area contributed by atoms with Gasteiger partial charge in [0.15, 0.2) is 0 Å². The quantitative estimate of drug-likeness (QED) is 0.202. The van der Waals surface area contributed by atoms with Crippen molar-refractivity contribution in [2.75, 3.05) is 19.8 Å². The standard InChI is InChI=1S/C17H24N4O7/c18-7-14(24)19-11(6-10-4-2-1-3-5-10)15(25)20-12(8-22)16(26)21-13(9-23)17(27)28/h1-5,11-13,22-23H,6-9,18H2,(H,19,24)(H,20,25)(H,21,26)(H,27,28). The largest absolute Gasteiger partial charge is 0.480 e. The molecule has 3 atom stereocenters. The van der Waals surface area contributed by atoms with Gasteiger partial charge in [0, 0.05) is 6.42 Å². The number of nitrogens with two attached hydrogens (primary N) is 1. The van der Waals surface area contributed by atoms with Gasteiger partial charge >= 0.3 is 5.97 Å². The minimum atomic E-state index is -1.59. The van der Waals surface area contributed by atoms with Crippen molar-refractivity contribution < 1.29 is 34.5 Å². The van der Waals surface area contributed by atoms with Crippen molar-refractivity contribution in [3.05, 3.63) is 35.9 Å². The normalized spacial score (nSPS) is 13.7. The van der Waals surface area contributed by atoms with Crippen LogP contribution in [0.3, 0.4) is 0 Å². The molecule has 0 aromatic heterocycles. The minimum absolute atomic E-state index is 0.104. The van der Waals surface area contributed by atoms with Crippen LogP contribution in [0, 0.1) is 0 Å². The van der Waals surface area contributed by atoms with E-state index in [0.717, 1.165) is 5.56 Å². The van der Waals surface area contributed by atoms with Crippen molar-refractivity contribution in [1.82, 2.24) is 16.0 Å². The Kier molecular flexibility index (Phi) is 9.57. The molecule has 11 nitrogen and oxygen atoms in total. The molecule has 0 radical (unpaired) electrons. The van der Waals surface area contributed by atoms with Gasteiger partial charge in [-0.3, -0.25) is 14.4 Å². The maximum atomic E-state index is 12.5. The summed E-state index contributed by atoms with van der Waals surface area (Å²) in [6.07, 6.45) is 0.104. The summed E-state index contributed by atoms with van der Waals surface area (Å²) in [7, 11) is 0. The van der Waals surface area contributed by atoms with E-state index in [-0.39, 0.29) is 13.0 Å². The van der Waals surface area contributed by atoms with Crippen molar-refractivity contribution in [1.29, 1.82) is 0 Å². The van der Waals surface area contributed by atoms with Gasteiger partial charge in [-0.2, -0.15) is 0 Å². The molecule has 0 saturated heterocycles. The molecule has 1 aromatic rings. The zero-order valence-corrected chi connectivity index (χ0v) is 15.0. The summed E-state index contributed by atoms with van der Waals surface area (Å²) >= 11 is 0. The van der Waals surface area contributed by atoms with Crippen LogP contribution in [0.5, 0.6) is 0 Å². The topological polar surface area (TPSA) is 191 Å². The molecule has 3 amide bonds. The predicted molar refractivity (Wildman–Crippen MR) is 96.8 cm³/mol. The number of carboxylic acid groups (broad SMARTS) is 1. The first-order valence-electron chi connectivity index (χ1n) is 8.41. The molecule has 154 valence electrons. The highest BCUT2D eigenvalue weighted by Gasteiger charge is 2.29. The monoisotopic (exact) mass is 396 g/mol. The van der Waals surface area contributed by atoms with Crippen LogP contribution < -0.4 is 21.7 Å². The fourth-order valence-electron chi connectivity index (χ4n) is 2.24. The summed E-state index contributed by atoms with van der Waals surface area (Å²) < 4.78 is 0. The van der Waals surface area contributed by atoms with E-state index in [0.29, 0.717) is 0 Å². The van der Waals surface area contributed by atoms with Crippen molar-refractivity contribution in [2.24, 2.45) is 5.73 Å². The van der Waals surface area contributed by atoms with Crippen LogP contribution in [-0.2, 0) is 25.6 Å². The van der Waals surface area contributed by atoms with Crippen LogP contribution in [0.15, 0.2) is 30.3 Å². The van der Waals surface area contributed by atoms with Gasteiger partial charge in [-0.05, 0) is 5.56 Å². The molecule has 0 fully saturated rings. The van der Waals surface area contributed by atoms with E-state index >= 15 is 0 Å². The number of benzene rings is 1. The molecular formula is C17H24N4O7. The number of aliphatic carboxylic acids is 1. The molecule has 0 aliphatic carbocycles. The van der Waals surface area contributed by atoms with Gasteiger partial charge < -0.3 is 37.0 Å². The summed E-state index contributed by atoms with van der Waals surface area (Å²) in [5.74, 6) is -3.83. The van der Waals surface area contributed by atoms with Gasteiger partial charge in [-0.15, -0.1) is 0 Å². The number of carboxylic acids is 1. The number of carbonyl (C=O) groups excluding carboxylic acids is 3. The molecule has 28 heavy (non-hydrogen) atoms. The highest BCUT2D eigenvalue weighted by molar-refractivity contribution is 5.93. The number of aliphatic hydroxyl groups is 2. The lowest BCUT2D eigenvalue weighted by Gasteiger charge is -2.23. The first-order chi connectivity index (χ1) is 13.3. The van der Waals surface area contributed by atoms with Crippen molar-refractivity contribution in [2.45, 2.75) is 24.5 Å². The van der Waals surface area contributed by atoms with Crippen molar-refractivity contribution in [3.8, 4) is 0 Å². The Morgan fingerprint density at radius 3 is 1.89 bits per heavy atom. The number of nitrogens with one attached hydrogen (secondary N) is 3. The fraction of sp³-hybridized carbons (Fsp3) is 0.412. The lowest BCUT2D eigenvalue weighted by Crippen LogP contribution is -2.58. The summed E-state index contributed by atoms with van der Waals surface area (Å²) in [6.45, 7) is -2.03. The molecule has 1 aromatic carbocycles. The highest BCUT2D eigenvalue weighted by Crippen LogP contribution is 2.04. The van der Waals surface area contributed by atoms with E-state index in [1.165, 1.54) is 0 Å². The van der Waals surface area contributed by atoms with Gasteiger partial charge in [-0.1, -0.05) is 30.3 Å². The van der Waals surface area contributed by atoms with E-state index in [1.54, 1.807) is 30.3 Å². The predicted octanol–water partition coefficient (Wildman–Crippen LogP) is -3.29.